The van der Waals surface area contributed by atoms with Gasteiger partial charge in [-0.05, 0) is 31.2 Å². The van der Waals surface area contributed by atoms with Crippen LogP contribution in [0, 0.1) is 0 Å². The first-order valence-electron chi connectivity index (χ1n) is 6.77. The predicted octanol–water partition coefficient (Wildman–Crippen LogP) is 1.18. The van der Waals surface area contributed by atoms with E-state index in [1.165, 1.54) is 13.0 Å². The van der Waals surface area contributed by atoms with E-state index in [4.69, 9.17) is 9.47 Å². The van der Waals surface area contributed by atoms with Crippen LogP contribution in [-0.4, -0.2) is 45.6 Å². The van der Waals surface area contributed by atoms with Crippen molar-refractivity contribution in [2.45, 2.75) is 12.2 Å². The molecule has 0 aromatic heterocycles. The monoisotopic (exact) mass is 327 g/mol. The number of carbonyl (C=O) groups is 1. The number of benzene rings is 1. The second kappa shape index (κ2) is 8.43. The molecule has 0 bridgehead atoms. The van der Waals surface area contributed by atoms with Crippen LogP contribution in [0.25, 0.3) is 0 Å². The maximum Gasteiger partial charge on any atom is 0.238 e. The van der Waals surface area contributed by atoms with E-state index in [9.17, 15) is 13.2 Å². The summed E-state index contributed by atoms with van der Waals surface area (Å²) in [6, 6.07) is 7.02. The van der Waals surface area contributed by atoms with Gasteiger partial charge in [0.25, 0.3) is 0 Å². The number of rotatable bonds is 9. The lowest BCUT2D eigenvalue weighted by molar-refractivity contribution is -0.120. The largest absolute Gasteiger partial charge is 0.497 e. The standard InChI is InChI=1S/C15H21NO5S/c1-4-11-22(18,19)12(2)15(17)16-9-10-21-14-7-5-13(20-3)6-8-14/h4-8,12H,1,9-11H2,2-3H3,(H,16,17). The van der Waals surface area contributed by atoms with E-state index in [0.29, 0.717) is 5.75 Å². The van der Waals surface area contributed by atoms with Gasteiger partial charge < -0.3 is 14.8 Å². The Morgan fingerprint density at radius 3 is 2.45 bits per heavy atom. The van der Waals surface area contributed by atoms with Crippen LogP contribution in [0.15, 0.2) is 36.9 Å². The molecule has 1 N–H and O–H groups in total. The number of amides is 1. The molecule has 1 amide bonds. The van der Waals surface area contributed by atoms with Crippen molar-refractivity contribution in [2.24, 2.45) is 0 Å². The van der Waals surface area contributed by atoms with Gasteiger partial charge in [0.2, 0.25) is 5.91 Å². The number of hydrogen-bond donors (Lipinski definition) is 1. The fraction of sp³-hybridized carbons (Fsp3) is 0.400. The van der Waals surface area contributed by atoms with Crippen molar-refractivity contribution in [3.8, 4) is 11.5 Å². The lowest BCUT2D eigenvalue weighted by atomic mass is 10.3. The molecule has 0 fully saturated rings. The summed E-state index contributed by atoms with van der Waals surface area (Å²) in [6.45, 7) is 5.19. The first-order valence-corrected chi connectivity index (χ1v) is 8.49. The molecule has 0 saturated carbocycles. The predicted molar refractivity (Wildman–Crippen MR) is 84.9 cm³/mol. The number of ether oxygens (including phenoxy) is 2. The van der Waals surface area contributed by atoms with Gasteiger partial charge in [0.05, 0.1) is 19.4 Å². The van der Waals surface area contributed by atoms with Crippen LogP contribution in [0.4, 0.5) is 0 Å². The third kappa shape index (κ3) is 5.40. The van der Waals surface area contributed by atoms with Crippen molar-refractivity contribution in [2.75, 3.05) is 26.0 Å². The van der Waals surface area contributed by atoms with Crippen molar-refractivity contribution in [3.05, 3.63) is 36.9 Å². The van der Waals surface area contributed by atoms with Crippen molar-refractivity contribution in [1.29, 1.82) is 0 Å². The molecule has 0 spiro atoms. The Morgan fingerprint density at radius 1 is 1.32 bits per heavy atom. The first-order chi connectivity index (χ1) is 10.4. The molecule has 0 heterocycles. The second-order valence-electron chi connectivity index (χ2n) is 4.58. The maximum atomic E-state index is 11.8. The van der Waals surface area contributed by atoms with Gasteiger partial charge in [0.15, 0.2) is 9.84 Å². The average Bonchev–Trinajstić information content (AvgIpc) is 2.51. The SMILES string of the molecule is C=CCS(=O)(=O)C(C)C(=O)NCCOc1ccc(OC)cc1. The minimum atomic E-state index is -3.49. The Balaban J connectivity index is 2.37. The molecule has 0 aliphatic carbocycles. The zero-order valence-corrected chi connectivity index (χ0v) is 13.6. The van der Waals surface area contributed by atoms with Crippen LogP contribution < -0.4 is 14.8 Å². The zero-order chi connectivity index (χ0) is 16.6. The van der Waals surface area contributed by atoms with Gasteiger partial charge in [-0.1, -0.05) is 6.08 Å². The van der Waals surface area contributed by atoms with Gasteiger partial charge in [-0.2, -0.15) is 0 Å². The smallest absolute Gasteiger partial charge is 0.238 e. The summed E-state index contributed by atoms with van der Waals surface area (Å²) in [5.74, 6) is 0.605. The van der Waals surface area contributed by atoms with E-state index in [1.807, 2.05) is 0 Å². The van der Waals surface area contributed by atoms with Crippen LogP contribution in [-0.2, 0) is 14.6 Å². The Bertz CT molecular complexity index is 595. The molecule has 6 nitrogen and oxygen atoms in total. The van der Waals surface area contributed by atoms with E-state index >= 15 is 0 Å². The lowest BCUT2D eigenvalue weighted by Gasteiger charge is -2.12. The highest BCUT2D eigenvalue weighted by Gasteiger charge is 2.26. The summed E-state index contributed by atoms with van der Waals surface area (Å²) >= 11 is 0. The fourth-order valence-electron chi connectivity index (χ4n) is 1.63. The molecule has 0 saturated heterocycles. The first kappa shape index (κ1) is 18.0. The van der Waals surface area contributed by atoms with E-state index in [2.05, 4.69) is 11.9 Å². The third-order valence-corrected chi connectivity index (χ3v) is 4.98. The number of hydrogen-bond acceptors (Lipinski definition) is 5. The van der Waals surface area contributed by atoms with E-state index in [1.54, 1.807) is 31.4 Å². The Kier molecular flexibility index (Phi) is 6.91. The topological polar surface area (TPSA) is 81.7 Å². The minimum absolute atomic E-state index is 0.218. The lowest BCUT2D eigenvalue weighted by Crippen LogP contribution is -2.40. The van der Waals surface area contributed by atoms with Crippen LogP contribution in [0.1, 0.15) is 6.92 Å². The van der Waals surface area contributed by atoms with E-state index in [-0.39, 0.29) is 18.9 Å². The van der Waals surface area contributed by atoms with Crippen molar-refractivity contribution in [3.63, 3.8) is 0 Å². The maximum absolute atomic E-state index is 11.8. The minimum Gasteiger partial charge on any atom is -0.497 e. The summed E-state index contributed by atoms with van der Waals surface area (Å²) in [7, 11) is -1.92. The molecule has 1 aromatic carbocycles. The zero-order valence-electron chi connectivity index (χ0n) is 12.7. The molecule has 1 atom stereocenters. The Hall–Kier alpha value is -2.02. The van der Waals surface area contributed by atoms with Gasteiger partial charge in [0, 0.05) is 0 Å². The molecule has 1 unspecified atom stereocenters. The highest BCUT2D eigenvalue weighted by atomic mass is 32.2. The molecule has 22 heavy (non-hydrogen) atoms. The van der Waals surface area contributed by atoms with Gasteiger partial charge in [0.1, 0.15) is 23.4 Å². The van der Waals surface area contributed by atoms with Gasteiger partial charge in [-0.3, -0.25) is 4.79 Å². The molecule has 0 aliphatic heterocycles. The summed E-state index contributed by atoms with van der Waals surface area (Å²) in [5, 5.41) is 1.43. The number of sulfone groups is 1. The van der Waals surface area contributed by atoms with Crippen LogP contribution in [0.2, 0.25) is 0 Å². The van der Waals surface area contributed by atoms with Crippen LogP contribution in [0.5, 0.6) is 11.5 Å². The van der Waals surface area contributed by atoms with Gasteiger partial charge >= 0.3 is 0 Å². The highest BCUT2D eigenvalue weighted by Crippen LogP contribution is 2.16. The molecule has 1 aromatic rings. The fourth-order valence-corrected chi connectivity index (χ4v) is 2.66. The van der Waals surface area contributed by atoms with Gasteiger partial charge in [-0.15, -0.1) is 6.58 Å². The second-order valence-corrected chi connectivity index (χ2v) is 6.94. The number of methoxy groups -OCH3 is 1. The van der Waals surface area contributed by atoms with Gasteiger partial charge in [-0.25, -0.2) is 8.42 Å². The third-order valence-electron chi connectivity index (χ3n) is 2.99. The van der Waals surface area contributed by atoms with Crippen molar-refractivity contribution < 1.29 is 22.7 Å². The van der Waals surface area contributed by atoms with Crippen LogP contribution in [0.3, 0.4) is 0 Å². The van der Waals surface area contributed by atoms with Crippen molar-refractivity contribution in [1.82, 2.24) is 5.32 Å². The Morgan fingerprint density at radius 2 is 1.91 bits per heavy atom. The molecular weight excluding hydrogens is 306 g/mol. The van der Waals surface area contributed by atoms with E-state index < -0.39 is 21.0 Å². The van der Waals surface area contributed by atoms with E-state index in [0.717, 1.165) is 5.75 Å². The summed E-state index contributed by atoms with van der Waals surface area (Å²) in [5.41, 5.74) is 0. The molecule has 7 heteroatoms. The average molecular weight is 327 g/mol. The summed E-state index contributed by atoms with van der Waals surface area (Å²) in [6.07, 6.45) is 1.27. The number of carbonyl (C=O) groups excluding carboxylic acids is 1. The molecule has 1 rings (SSSR count). The number of nitrogens with one attached hydrogen (secondary N) is 1. The summed E-state index contributed by atoms with van der Waals surface area (Å²) in [4.78, 5) is 11.8. The quantitative estimate of drug-likeness (QED) is 0.544. The molecule has 0 radical (unpaired) electrons. The van der Waals surface area contributed by atoms with Crippen LogP contribution >= 0.6 is 0 Å². The Labute approximate surface area is 131 Å². The molecule has 0 aliphatic rings. The van der Waals surface area contributed by atoms with Crippen molar-refractivity contribution >= 4 is 15.7 Å². The normalized spacial score (nSPS) is 12.3. The highest BCUT2D eigenvalue weighted by molar-refractivity contribution is 7.92. The summed E-state index contributed by atoms with van der Waals surface area (Å²) < 4.78 is 33.9. The molecular formula is C15H21NO5S. The molecule has 122 valence electrons.